The molecule has 0 amide bonds. The Kier molecular flexibility index (Phi) is 4.35. The van der Waals surface area contributed by atoms with Gasteiger partial charge in [-0.05, 0) is 36.6 Å². The van der Waals surface area contributed by atoms with Crippen molar-refractivity contribution in [2.45, 2.75) is 31.2 Å². The molecule has 1 aromatic carbocycles. The summed E-state index contributed by atoms with van der Waals surface area (Å²) in [6, 6.07) is 11.5. The van der Waals surface area contributed by atoms with E-state index in [0.29, 0.717) is 19.6 Å². The van der Waals surface area contributed by atoms with Gasteiger partial charge in [0.05, 0.1) is 6.61 Å². The Balaban J connectivity index is 2.24. The Morgan fingerprint density at radius 1 is 1.44 bits per heavy atom. The zero-order chi connectivity index (χ0) is 12.8. The van der Waals surface area contributed by atoms with Crippen LogP contribution in [-0.4, -0.2) is 26.0 Å². The number of rotatable bonds is 5. The molecule has 0 heterocycles. The Morgan fingerprint density at radius 2 is 2.33 bits per heavy atom. The van der Waals surface area contributed by atoms with E-state index in [9.17, 15) is 4.79 Å². The molecule has 3 nitrogen and oxygen atoms in total. The van der Waals surface area contributed by atoms with Crippen LogP contribution in [0.3, 0.4) is 0 Å². The quantitative estimate of drug-likeness (QED) is 0.805. The molecule has 0 bridgehead atoms. The maximum atomic E-state index is 12.4. The van der Waals surface area contributed by atoms with Gasteiger partial charge in [-0.25, -0.2) is 0 Å². The lowest BCUT2D eigenvalue weighted by atomic mass is 9.75. The van der Waals surface area contributed by atoms with Crippen LogP contribution >= 0.6 is 0 Å². The minimum Gasteiger partial charge on any atom is -0.383 e. The van der Waals surface area contributed by atoms with Gasteiger partial charge in [0, 0.05) is 20.1 Å². The molecule has 18 heavy (non-hydrogen) atoms. The van der Waals surface area contributed by atoms with Crippen molar-refractivity contribution in [2.24, 2.45) is 0 Å². The van der Waals surface area contributed by atoms with E-state index < -0.39 is 5.54 Å². The highest BCUT2D eigenvalue weighted by Gasteiger charge is 2.40. The van der Waals surface area contributed by atoms with Gasteiger partial charge in [0.15, 0.2) is 5.78 Å². The predicted octanol–water partition coefficient (Wildman–Crippen LogP) is 1.86. The van der Waals surface area contributed by atoms with Crippen molar-refractivity contribution in [2.75, 3.05) is 20.3 Å². The zero-order valence-corrected chi connectivity index (χ0v) is 10.8. The van der Waals surface area contributed by atoms with Gasteiger partial charge in [-0.15, -0.1) is 0 Å². The first kappa shape index (κ1) is 13.1. The van der Waals surface area contributed by atoms with Crippen LogP contribution in [0.15, 0.2) is 18.2 Å². The van der Waals surface area contributed by atoms with E-state index in [1.165, 1.54) is 0 Å². The monoisotopic (exact) mass is 245 g/mol. The molecule has 1 saturated carbocycles. The zero-order valence-electron chi connectivity index (χ0n) is 10.8. The van der Waals surface area contributed by atoms with Crippen molar-refractivity contribution in [1.82, 2.24) is 5.32 Å². The summed E-state index contributed by atoms with van der Waals surface area (Å²) in [7, 11) is 1.67. The highest BCUT2D eigenvalue weighted by Crippen LogP contribution is 2.33. The molecule has 1 aliphatic carbocycles. The van der Waals surface area contributed by atoms with Gasteiger partial charge in [0.25, 0.3) is 0 Å². The van der Waals surface area contributed by atoms with Gasteiger partial charge in [0.1, 0.15) is 5.54 Å². The maximum Gasteiger partial charge on any atom is 0.157 e. The molecule has 1 unspecified atom stereocenters. The van der Waals surface area contributed by atoms with Crippen LogP contribution in [0.25, 0.3) is 0 Å². The fourth-order valence-corrected chi connectivity index (χ4v) is 2.60. The molecular formula is C15H19NO2. The Labute approximate surface area is 109 Å². The van der Waals surface area contributed by atoms with Crippen LogP contribution in [0.5, 0.6) is 0 Å². The predicted molar refractivity (Wildman–Crippen MR) is 69.1 cm³/mol. The second-order valence-electron chi connectivity index (χ2n) is 4.68. The molecule has 1 atom stereocenters. The number of ketones is 1. The third kappa shape index (κ3) is 2.55. The summed E-state index contributed by atoms with van der Waals surface area (Å²) in [6.07, 6.45) is 3.57. The molecule has 2 rings (SSSR count). The standard InChI is InChI=1S/C15H19NO2/c1-18-12-11-16-15(10-6-5-9-14(15)17)13-7-3-2-4-8-13/h3,7-8,16H,5-6,9-12H2,1H3. The molecule has 0 spiro atoms. The summed E-state index contributed by atoms with van der Waals surface area (Å²) < 4.78 is 5.06. The van der Waals surface area contributed by atoms with Crippen molar-refractivity contribution in [3.8, 4) is 0 Å². The number of nitrogens with one attached hydrogen (secondary N) is 1. The molecular weight excluding hydrogens is 226 g/mol. The molecule has 96 valence electrons. The normalized spacial score (nSPS) is 23.7. The smallest absolute Gasteiger partial charge is 0.157 e. The SMILES string of the molecule is COCCNC1(c2cc#ccc2)CCCCC1=O. The fraction of sp³-hybridized carbons (Fsp3) is 0.533. The fourth-order valence-electron chi connectivity index (χ4n) is 2.60. The molecule has 1 N–H and O–H groups in total. The number of hydrogen-bond donors (Lipinski definition) is 1. The molecule has 1 aliphatic rings. The number of ether oxygens (including phenoxy) is 1. The molecule has 1 fully saturated rings. The van der Waals surface area contributed by atoms with E-state index in [-0.39, 0.29) is 5.78 Å². The third-order valence-electron chi connectivity index (χ3n) is 3.56. The van der Waals surface area contributed by atoms with Crippen molar-refractivity contribution in [1.29, 1.82) is 0 Å². The van der Waals surface area contributed by atoms with Gasteiger partial charge in [-0.1, -0.05) is 18.6 Å². The lowest BCUT2D eigenvalue weighted by Crippen LogP contribution is -2.51. The summed E-state index contributed by atoms with van der Waals surface area (Å²) >= 11 is 0. The largest absolute Gasteiger partial charge is 0.383 e. The minimum atomic E-state index is -0.539. The third-order valence-corrected chi connectivity index (χ3v) is 3.56. The topological polar surface area (TPSA) is 38.3 Å². The van der Waals surface area contributed by atoms with Gasteiger partial charge in [-0.2, -0.15) is 0 Å². The summed E-state index contributed by atoms with van der Waals surface area (Å²) in [5.74, 6) is 0.282. The van der Waals surface area contributed by atoms with Gasteiger partial charge < -0.3 is 4.74 Å². The molecule has 0 saturated heterocycles. The summed E-state index contributed by atoms with van der Waals surface area (Å²) in [4.78, 5) is 12.4. The van der Waals surface area contributed by atoms with Crippen LogP contribution in [0.1, 0.15) is 31.2 Å². The molecule has 0 aliphatic heterocycles. The van der Waals surface area contributed by atoms with Crippen molar-refractivity contribution >= 4 is 5.78 Å². The Morgan fingerprint density at radius 3 is 3.00 bits per heavy atom. The second kappa shape index (κ2) is 5.99. The second-order valence-corrected chi connectivity index (χ2v) is 4.68. The van der Waals surface area contributed by atoms with Crippen LogP contribution < -0.4 is 5.32 Å². The summed E-state index contributed by atoms with van der Waals surface area (Å²) in [5, 5.41) is 3.39. The highest BCUT2D eigenvalue weighted by atomic mass is 16.5. The van der Waals surface area contributed by atoms with Crippen LogP contribution in [0.2, 0.25) is 0 Å². The van der Waals surface area contributed by atoms with Crippen molar-refractivity contribution < 1.29 is 9.53 Å². The van der Waals surface area contributed by atoms with Crippen molar-refractivity contribution in [3.63, 3.8) is 0 Å². The molecule has 0 aromatic heterocycles. The number of hydrogen-bond acceptors (Lipinski definition) is 3. The first-order chi connectivity index (χ1) is 8.79. The summed E-state index contributed by atoms with van der Waals surface area (Å²) in [5.41, 5.74) is 0.463. The van der Waals surface area contributed by atoms with E-state index >= 15 is 0 Å². The van der Waals surface area contributed by atoms with E-state index in [1.54, 1.807) is 7.11 Å². The minimum absolute atomic E-state index is 0.282. The number of carbonyl (C=O) groups is 1. The van der Waals surface area contributed by atoms with Crippen LogP contribution in [0, 0.1) is 12.1 Å². The Bertz CT molecular complexity index is 391. The number of methoxy groups -OCH3 is 1. The van der Waals surface area contributed by atoms with Crippen LogP contribution in [0.4, 0.5) is 0 Å². The van der Waals surface area contributed by atoms with E-state index in [1.807, 2.05) is 18.2 Å². The Hall–Kier alpha value is -1.37. The average molecular weight is 245 g/mol. The van der Waals surface area contributed by atoms with Gasteiger partial charge in [0.2, 0.25) is 0 Å². The van der Waals surface area contributed by atoms with Crippen molar-refractivity contribution in [3.05, 3.63) is 35.9 Å². The number of carbonyl (C=O) groups excluding carboxylic acids is 1. The highest BCUT2D eigenvalue weighted by molar-refractivity contribution is 5.90. The van der Waals surface area contributed by atoms with E-state index in [4.69, 9.17) is 4.74 Å². The van der Waals surface area contributed by atoms with Gasteiger partial charge >= 0.3 is 0 Å². The van der Waals surface area contributed by atoms with Crippen LogP contribution in [-0.2, 0) is 15.1 Å². The van der Waals surface area contributed by atoms with Gasteiger partial charge in [-0.3, -0.25) is 10.1 Å². The first-order valence-corrected chi connectivity index (χ1v) is 6.45. The molecule has 3 heteroatoms. The number of Topliss-reactive ketones (excluding diaryl/α,β-unsaturated/α-hetero) is 1. The lowest BCUT2D eigenvalue weighted by molar-refractivity contribution is -0.128. The molecule has 1 aromatic rings. The average Bonchev–Trinajstić information content (AvgIpc) is 2.42. The molecule has 0 radical (unpaired) electrons. The maximum absolute atomic E-state index is 12.4. The van der Waals surface area contributed by atoms with E-state index in [2.05, 4.69) is 17.4 Å². The first-order valence-electron chi connectivity index (χ1n) is 6.45. The summed E-state index contributed by atoms with van der Waals surface area (Å²) in [6.45, 7) is 1.29. The lowest BCUT2D eigenvalue weighted by Gasteiger charge is -2.37. The van der Waals surface area contributed by atoms with E-state index in [0.717, 1.165) is 24.8 Å².